The Balaban J connectivity index is 1.63. The summed E-state index contributed by atoms with van der Waals surface area (Å²) < 4.78 is 27.3. The molecule has 3 nitrogen and oxygen atoms in total. The van der Waals surface area contributed by atoms with E-state index in [1.807, 2.05) is 48.0 Å². The SMILES string of the molecule is O=C(NCC(c1cccs1)c1c[nH]c2ccccc12)c1cccc(F)c1F. The third kappa shape index (κ3) is 3.36. The van der Waals surface area contributed by atoms with Crippen molar-refractivity contribution < 1.29 is 13.6 Å². The van der Waals surface area contributed by atoms with Crippen molar-refractivity contribution >= 4 is 28.1 Å². The fraction of sp³-hybridized carbons (Fsp3) is 0.0952. The Morgan fingerprint density at radius 1 is 1.07 bits per heavy atom. The number of fused-ring (bicyclic) bond motifs is 1. The molecule has 27 heavy (non-hydrogen) atoms. The third-order valence-corrected chi connectivity index (χ3v) is 5.53. The number of amides is 1. The topological polar surface area (TPSA) is 44.9 Å². The molecule has 0 saturated carbocycles. The number of aromatic nitrogens is 1. The van der Waals surface area contributed by atoms with Crippen molar-refractivity contribution in [2.24, 2.45) is 0 Å². The van der Waals surface area contributed by atoms with Gasteiger partial charge in [0.15, 0.2) is 11.6 Å². The normalized spacial score (nSPS) is 12.2. The lowest BCUT2D eigenvalue weighted by Gasteiger charge is -2.16. The Kier molecular flexibility index (Phi) is 4.73. The summed E-state index contributed by atoms with van der Waals surface area (Å²) in [7, 11) is 0. The number of hydrogen-bond acceptors (Lipinski definition) is 2. The van der Waals surface area contributed by atoms with E-state index >= 15 is 0 Å². The van der Waals surface area contributed by atoms with Gasteiger partial charge in [-0.25, -0.2) is 8.78 Å². The molecule has 4 rings (SSSR count). The summed E-state index contributed by atoms with van der Waals surface area (Å²) in [5, 5.41) is 5.80. The van der Waals surface area contributed by atoms with E-state index in [2.05, 4.69) is 10.3 Å². The summed E-state index contributed by atoms with van der Waals surface area (Å²) >= 11 is 1.59. The van der Waals surface area contributed by atoms with Gasteiger partial charge in [-0.2, -0.15) is 0 Å². The summed E-state index contributed by atoms with van der Waals surface area (Å²) in [5.74, 6) is -2.89. The fourth-order valence-electron chi connectivity index (χ4n) is 3.20. The monoisotopic (exact) mass is 382 g/mol. The van der Waals surface area contributed by atoms with Crippen molar-refractivity contribution in [3.05, 3.63) is 93.8 Å². The molecule has 2 N–H and O–H groups in total. The highest BCUT2D eigenvalue weighted by atomic mass is 32.1. The van der Waals surface area contributed by atoms with Crippen LogP contribution in [-0.4, -0.2) is 17.4 Å². The van der Waals surface area contributed by atoms with Crippen LogP contribution in [0, 0.1) is 11.6 Å². The molecule has 0 bridgehead atoms. The summed E-state index contributed by atoms with van der Waals surface area (Å²) in [4.78, 5) is 16.7. The van der Waals surface area contributed by atoms with Gasteiger partial charge in [0.25, 0.3) is 5.91 Å². The Hall–Kier alpha value is -2.99. The van der Waals surface area contributed by atoms with Crippen LogP contribution < -0.4 is 5.32 Å². The first-order valence-corrected chi connectivity index (χ1v) is 9.34. The zero-order valence-electron chi connectivity index (χ0n) is 14.2. The van der Waals surface area contributed by atoms with Gasteiger partial charge >= 0.3 is 0 Å². The second-order valence-corrected chi connectivity index (χ2v) is 7.15. The van der Waals surface area contributed by atoms with Gasteiger partial charge < -0.3 is 10.3 Å². The number of carbonyl (C=O) groups is 1. The number of hydrogen-bond donors (Lipinski definition) is 2. The second kappa shape index (κ2) is 7.32. The molecule has 2 aromatic heterocycles. The number of nitrogens with one attached hydrogen (secondary N) is 2. The molecule has 1 amide bonds. The maximum absolute atomic E-state index is 13.9. The zero-order valence-corrected chi connectivity index (χ0v) is 15.0. The minimum Gasteiger partial charge on any atom is -0.361 e. The largest absolute Gasteiger partial charge is 0.361 e. The Morgan fingerprint density at radius 2 is 1.93 bits per heavy atom. The summed E-state index contributed by atoms with van der Waals surface area (Å²) in [6.45, 7) is 0.275. The number of carbonyl (C=O) groups excluding carboxylic acids is 1. The molecule has 1 unspecified atom stereocenters. The molecule has 0 radical (unpaired) electrons. The molecule has 0 fully saturated rings. The first-order chi connectivity index (χ1) is 13.1. The van der Waals surface area contributed by atoms with Crippen molar-refractivity contribution in [1.82, 2.24) is 10.3 Å². The lowest BCUT2D eigenvalue weighted by Crippen LogP contribution is -2.29. The van der Waals surface area contributed by atoms with Crippen molar-refractivity contribution in [2.45, 2.75) is 5.92 Å². The first-order valence-electron chi connectivity index (χ1n) is 8.47. The second-order valence-electron chi connectivity index (χ2n) is 6.17. The van der Waals surface area contributed by atoms with Crippen molar-refractivity contribution in [1.29, 1.82) is 0 Å². The number of rotatable bonds is 5. The first kappa shape index (κ1) is 17.4. The molecule has 0 saturated heterocycles. The minimum atomic E-state index is -1.13. The summed E-state index contributed by atoms with van der Waals surface area (Å²) in [6.07, 6.45) is 1.93. The smallest absolute Gasteiger partial charge is 0.254 e. The molecule has 0 spiro atoms. The van der Waals surface area contributed by atoms with Gasteiger partial charge in [0.1, 0.15) is 0 Å². The summed E-state index contributed by atoms with van der Waals surface area (Å²) in [5.41, 5.74) is 1.77. The molecule has 0 aliphatic carbocycles. The van der Waals surface area contributed by atoms with E-state index < -0.39 is 17.5 Å². The van der Waals surface area contributed by atoms with Gasteiger partial charge in [-0.05, 0) is 35.2 Å². The molecule has 136 valence electrons. The highest BCUT2D eigenvalue weighted by Crippen LogP contribution is 2.32. The number of thiophene rings is 1. The average molecular weight is 382 g/mol. The molecule has 2 aromatic carbocycles. The summed E-state index contributed by atoms with van der Waals surface area (Å²) in [6, 6.07) is 15.5. The predicted molar refractivity (Wildman–Crippen MR) is 103 cm³/mol. The van der Waals surface area contributed by atoms with Crippen LogP contribution in [0.15, 0.2) is 66.2 Å². The van der Waals surface area contributed by atoms with Crippen molar-refractivity contribution in [3.63, 3.8) is 0 Å². The standard InChI is InChI=1S/C21H16F2N2OS/c22-17-7-3-6-14(20(17)23)21(26)25-12-16(19-9-4-10-27-19)15-11-24-18-8-2-1-5-13(15)18/h1-11,16,24H,12H2,(H,25,26). The van der Waals surface area contributed by atoms with Gasteiger partial charge in [0.2, 0.25) is 0 Å². The van der Waals surface area contributed by atoms with E-state index in [4.69, 9.17) is 0 Å². The fourth-order valence-corrected chi connectivity index (χ4v) is 4.05. The Morgan fingerprint density at radius 3 is 2.74 bits per heavy atom. The van der Waals surface area contributed by atoms with Crippen LogP contribution in [0.1, 0.15) is 26.7 Å². The Bertz CT molecular complexity index is 1090. The van der Waals surface area contributed by atoms with Crippen LogP contribution >= 0.6 is 11.3 Å². The highest BCUT2D eigenvalue weighted by molar-refractivity contribution is 7.10. The predicted octanol–water partition coefficient (Wildman–Crippen LogP) is 5.07. The zero-order chi connectivity index (χ0) is 18.8. The van der Waals surface area contributed by atoms with Crippen LogP contribution in [0.25, 0.3) is 10.9 Å². The molecule has 0 aliphatic rings. The van der Waals surface area contributed by atoms with Crippen LogP contribution in [0.4, 0.5) is 8.78 Å². The number of aromatic amines is 1. The molecule has 6 heteroatoms. The number of benzene rings is 2. The van der Waals surface area contributed by atoms with Crippen molar-refractivity contribution in [3.8, 4) is 0 Å². The molecule has 4 aromatic rings. The van der Waals surface area contributed by atoms with Crippen LogP contribution in [-0.2, 0) is 0 Å². The lowest BCUT2D eigenvalue weighted by molar-refractivity contribution is 0.0947. The van der Waals surface area contributed by atoms with E-state index in [0.29, 0.717) is 0 Å². The molecule has 2 heterocycles. The van der Waals surface area contributed by atoms with Crippen LogP contribution in [0.2, 0.25) is 0 Å². The van der Waals surface area contributed by atoms with E-state index in [-0.39, 0.29) is 18.0 Å². The van der Waals surface area contributed by atoms with Gasteiger partial charge in [0.05, 0.1) is 5.56 Å². The maximum atomic E-state index is 13.9. The van der Waals surface area contributed by atoms with Gasteiger partial charge in [-0.15, -0.1) is 11.3 Å². The van der Waals surface area contributed by atoms with Gasteiger partial charge in [-0.3, -0.25) is 4.79 Å². The number of halogens is 2. The Labute approximate surface area is 158 Å². The van der Waals surface area contributed by atoms with Crippen LogP contribution in [0.3, 0.4) is 0 Å². The average Bonchev–Trinajstić information content (AvgIpc) is 3.35. The van der Waals surface area contributed by atoms with E-state index in [0.717, 1.165) is 27.4 Å². The van der Waals surface area contributed by atoms with Crippen LogP contribution in [0.5, 0.6) is 0 Å². The number of H-pyrrole nitrogens is 1. The molecule has 0 aliphatic heterocycles. The quantitative estimate of drug-likeness (QED) is 0.497. The molecule has 1 atom stereocenters. The van der Waals surface area contributed by atoms with Gasteiger partial charge in [-0.1, -0.05) is 30.3 Å². The lowest BCUT2D eigenvalue weighted by atomic mass is 9.96. The van der Waals surface area contributed by atoms with Crippen molar-refractivity contribution in [2.75, 3.05) is 6.54 Å². The van der Waals surface area contributed by atoms with E-state index in [1.54, 1.807) is 11.3 Å². The highest BCUT2D eigenvalue weighted by Gasteiger charge is 2.21. The van der Waals surface area contributed by atoms with E-state index in [9.17, 15) is 13.6 Å². The number of para-hydroxylation sites is 1. The van der Waals surface area contributed by atoms with Gasteiger partial charge in [0, 0.05) is 34.4 Å². The molecular weight excluding hydrogens is 366 g/mol. The van der Waals surface area contributed by atoms with E-state index in [1.165, 1.54) is 12.1 Å². The third-order valence-electron chi connectivity index (χ3n) is 4.55. The maximum Gasteiger partial charge on any atom is 0.254 e. The minimum absolute atomic E-state index is 0.0956. The molecular formula is C21H16F2N2OS.